The van der Waals surface area contributed by atoms with Gasteiger partial charge in [0, 0.05) is 6.54 Å². The van der Waals surface area contributed by atoms with Crippen LogP contribution in [0.2, 0.25) is 0 Å². The van der Waals surface area contributed by atoms with Crippen molar-refractivity contribution < 1.29 is 9.90 Å². The van der Waals surface area contributed by atoms with Gasteiger partial charge < -0.3 is 15.0 Å². The van der Waals surface area contributed by atoms with Gasteiger partial charge in [-0.15, -0.1) is 0 Å². The number of nitrogens with one attached hydrogen (secondary N) is 1. The maximum Gasteiger partial charge on any atom is 0.242 e. The average Bonchev–Trinajstić information content (AvgIpc) is 2.78. The molecule has 0 fully saturated rings. The normalized spacial score (nSPS) is 14.4. The molecule has 0 radical (unpaired) electrons. The number of carbonyl (C=O) groups excluding carboxylic acids is 1. The van der Waals surface area contributed by atoms with E-state index in [4.69, 9.17) is 5.11 Å². The fourth-order valence-electron chi connectivity index (χ4n) is 1.81. The van der Waals surface area contributed by atoms with Crippen LogP contribution in [-0.2, 0) is 4.79 Å². The van der Waals surface area contributed by atoms with E-state index >= 15 is 0 Å². The van der Waals surface area contributed by atoms with Gasteiger partial charge in [0.05, 0.1) is 23.5 Å². The fraction of sp³-hybridized carbons (Fsp3) is 0.385. The predicted octanol–water partition coefficient (Wildman–Crippen LogP) is 1.09. The Morgan fingerprint density at radius 3 is 2.89 bits per heavy atom. The molecule has 96 valence electrons. The summed E-state index contributed by atoms with van der Waals surface area (Å²) >= 11 is 0. The Hall–Kier alpha value is -1.88. The number of amides is 1. The number of fused-ring (bicyclic) bond motifs is 1. The van der Waals surface area contributed by atoms with E-state index in [9.17, 15) is 4.79 Å². The van der Waals surface area contributed by atoms with Crippen LogP contribution >= 0.6 is 0 Å². The highest BCUT2D eigenvalue weighted by atomic mass is 16.3. The van der Waals surface area contributed by atoms with Crippen molar-refractivity contribution in [3.05, 3.63) is 30.6 Å². The number of hydrogen-bond acceptors (Lipinski definition) is 3. The van der Waals surface area contributed by atoms with E-state index in [1.165, 1.54) is 0 Å². The summed E-state index contributed by atoms with van der Waals surface area (Å²) in [5.74, 6) is -0.126. The molecular weight excluding hydrogens is 230 g/mol. The Morgan fingerprint density at radius 1 is 1.44 bits per heavy atom. The van der Waals surface area contributed by atoms with Crippen molar-refractivity contribution in [3.63, 3.8) is 0 Å². The van der Waals surface area contributed by atoms with Crippen molar-refractivity contribution in [1.82, 2.24) is 14.9 Å². The number of nitrogens with zero attached hydrogens (tertiary/aromatic N) is 2. The van der Waals surface area contributed by atoms with E-state index in [0.717, 1.165) is 11.0 Å². The van der Waals surface area contributed by atoms with Crippen LogP contribution in [0.5, 0.6) is 0 Å². The summed E-state index contributed by atoms with van der Waals surface area (Å²) in [6, 6.07) is 7.32. The van der Waals surface area contributed by atoms with Crippen molar-refractivity contribution in [2.24, 2.45) is 0 Å². The number of benzene rings is 1. The average molecular weight is 247 g/mol. The van der Waals surface area contributed by atoms with E-state index in [-0.39, 0.29) is 18.5 Å². The van der Waals surface area contributed by atoms with Crippen molar-refractivity contribution >= 4 is 16.9 Å². The number of hydrogen-bond donors (Lipinski definition) is 2. The van der Waals surface area contributed by atoms with Gasteiger partial charge >= 0.3 is 0 Å². The van der Waals surface area contributed by atoms with E-state index in [0.29, 0.717) is 0 Å². The second-order valence-electron chi connectivity index (χ2n) is 4.41. The van der Waals surface area contributed by atoms with Crippen LogP contribution in [0.3, 0.4) is 0 Å². The molecule has 0 aliphatic rings. The molecule has 2 aromatic rings. The fourth-order valence-corrected chi connectivity index (χ4v) is 1.81. The number of imidazole rings is 1. The molecule has 0 saturated heterocycles. The summed E-state index contributed by atoms with van der Waals surface area (Å²) in [5.41, 5.74) is 1.80. The maximum absolute atomic E-state index is 11.9. The van der Waals surface area contributed by atoms with E-state index in [1.807, 2.05) is 35.8 Å². The summed E-state index contributed by atoms with van der Waals surface area (Å²) in [5, 5.41) is 11.8. The summed E-state index contributed by atoms with van der Waals surface area (Å²) in [7, 11) is 0. The third kappa shape index (κ3) is 2.51. The Morgan fingerprint density at radius 2 is 2.17 bits per heavy atom. The molecule has 18 heavy (non-hydrogen) atoms. The topological polar surface area (TPSA) is 67.2 Å². The lowest BCUT2D eigenvalue weighted by molar-refractivity contribution is -0.124. The quantitative estimate of drug-likeness (QED) is 0.850. The SMILES string of the molecule is CC(C(=O)NC[C@H](C)O)n1cnc2ccccc21. The number of carbonyl (C=O) groups is 1. The zero-order chi connectivity index (χ0) is 13.1. The third-order valence-corrected chi connectivity index (χ3v) is 2.85. The van der Waals surface area contributed by atoms with Crippen LogP contribution < -0.4 is 5.32 Å². The smallest absolute Gasteiger partial charge is 0.242 e. The largest absolute Gasteiger partial charge is 0.392 e. The Bertz CT molecular complexity index is 548. The first-order valence-electron chi connectivity index (χ1n) is 5.97. The number of aromatic nitrogens is 2. The molecular formula is C13H17N3O2. The van der Waals surface area contributed by atoms with Crippen LogP contribution in [-0.4, -0.2) is 33.2 Å². The predicted molar refractivity (Wildman–Crippen MR) is 69.1 cm³/mol. The zero-order valence-corrected chi connectivity index (χ0v) is 10.5. The summed E-state index contributed by atoms with van der Waals surface area (Å²) in [4.78, 5) is 16.2. The molecule has 1 heterocycles. The van der Waals surface area contributed by atoms with Crippen LogP contribution in [0.25, 0.3) is 11.0 Å². The number of rotatable bonds is 4. The molecule has 1 aromatic carbocycles. The Kier molecular flexibility index (Phi) is 3.62. The number of aliphatic hydroxyl groups excluding tert-OH is 1. The van der Waals surface area contributed by atoms with Gasteiger partial charge in [0.2, 0.25) is 5.91 Å². The van der Waals surface area contributed by atoms with Gasteiger partial charge in [0.15, 0.2) is 0 Å². The molecule has 1 amide bonds. The van der Waals surface area contributed by atoms with Gasteiger partial charge in [-0.2, -0.15) is 0 Å². The standard InChI is InChI=1S/C13H17N3O2/c1-9(17)7-14-13(18)10(2)16-8-15-11-5-3-4-6-12(11)16/h3-6,8-10,17H,7H2,1-2H3,(H,14,18)/t9-,10?/m0/s1. The van der Waals surface area contributed by atoms with Crippen molar-refractivity contribution in [3.8, 4) is 0 Å². The molecule has 1 aromatic heterocycles. The Labute approximate surface area is 105 Å². The van der Waals surface area contributed by atoms with Gasteiger partial charge in [0.1, 0.15) is 6.04 Å². The molecule has 2 N–H and O–H groups in total. The first-order chi connectivity index (χ1) is 8.59. The van der Waals surface area contributed by atoms with E-state index in [2.05, 4.69) is 10.3 Å². The summed E-state index contributed by atoms with van der Waals surface area (Å²) in [6.45, 7) is 3.71. The minimum Gasteiger partial charge on any atom is -0.392 e. The van der Waals surface area contributed by atoms with Crippen molar-refractivity contribution in [2.45, 2.75) is 26.0 Å². The third-order valence-electron chi connectivity index (χ3n) is 2.85. The number of para-hydroxylation sites is 2. The van der Waals surface area contributed by atoms with Gasteiger partial charge in [-0.1, -0.05) is 12.1 Å². The van der Waals surface area contributed by atoms with Crippen molar-refractivity contribution in [1.29, 1.82) is 0 Å². The summed E-state index contributed by atoms with van der Waals surface area (Å²) < 4.78 is 1.83. The molecule has 0 saturated carbocycles. The Balaban J connectivity index is 2.18. The van der Waals surface area contributed by atoms with E-state index < -0.39 is 6.10 Å². The van der Waals surface area contributed by atoms with Gasteiger partial charge in [0.25, 0.3) is 0 Å². The van der Waals surface area contributed by atoms with Gasteiger partial charge in [-0.25, -0.2) is 4.98 Å². The van der Waals surface area contributed by atoms with Crippen LogP contribution in [0.15, 0.2) is 30.6 Å². The first kappa shape index (κ1) is 12.6. The van der Waals surface area contributed by atoms with Crippen LogP contribution in [0.1, 0.15) is 19.9 Å². The zero-order valence-electron chi connectivity index (χ0n) is 10.5. The maximum atomic E-state index is 11.9. The van der Waals surface area contributed by atoms with Gasteiger partial charge in [-0.05, 0) is 26.0 Å². The lowest BCUT2D eigenvalue weighted by Gasteiger charge is -2.15. The molecule has 5 nitrogen and oxygen atoms in total. The second-order valence-corrected chi connectivity index (χ2v) is 4.41. The monoisotopic (exact) mass is 247 g/mol. The number of aliphatic hydroxyl groups is 1. The molecule has 2 rings (SSSR count). The molecule has 2 atom stereocenters. The minimum atomic E-state index is -0.541. The molecule has 1 unspecified atom stereocenters. The first-order valence-corrected chi connectivity index (χ1v) is 5.97. The lowest BCUT2D eigenvalue weighted by Crippen LogP contribution is -2.35. The molecule has 0 spiro atoms. The molecule has 0 aliphatic heterocycles. The summed E-state index contributed by atoms with van der Waals surface area (Å²) in [6.07, 6.45) is 1.12. The van der Waals surface area contributed by atoms with E-state index in [1.54, 1.807) is 13.3 Å². The van der Waals surface area contributed by atoms with Crippen LogP contribution in [0.4, 0.5) is 0 Å². The second kappa shape index (κ2) is 5.18. The van der Waals surface area contributed by atoms with Crippen LogP contribution in [0, 0.1) is 0 Å². The highest BCUT2D eigenvalue weighted by Crippen LogP contribution is 2.17. The molecule has 5 heteroatoms. The highest BCUT2D eigenvalue weighted by Gasteiger charge is 2.16. The highest BCUT2D eigenvalue weighted by molar-refractivity contribution is 5.83. The molecule has 0 bridgehead atoms. The lowest BCUT2D eigenvalue weighted by atomic mass is 10.2. The minimum absolute atomic E-state index is 0.126. The van der Waals surface area contributed by atoms with Gasteiger partial charge in [-0.3, -0.25) is 4.79 Å². The van der Waals surface area contributed by atoms with Crippen molar-refractivity contribution in [2.75, 3.05) is 6.54 Å². The molecule has 0 aliphatic carbocycles.